The van der Waals surface area contributed by atoms with Crippen molar-refractivity contribution in [3.8, 4) is 0 Å². The molecule has 0 aliphatic rings. The molecule has 0 spiro atoms. The third-order valence-corrected chi connectivity index (χ3v) is 2.29. The Morgan fingerprint density at radius 1 is 1.11 bits per heavy atom. The number of ether oxygens (including phenoxy) is 1. The van der Waals surface area contributed by atoms with Gasteiger partial charge in [-0.2, -0.15) is 0 Å². The van der Waals surface area contributed by atoms with Gasteiger partial charge in [0.2, 0.25) is 0 Å². The van der Waals surface area contributed by atoms with E-state index in [1.165, 1.54) is 6.08 Å². The normalized spacial score (nSPS) is 13.9. The van der Waals surface area contributed by atoms with E-state index < -0.39 is 17.7 Å². The van der Waals surface area contributed by atoms with Crippen LogP contribution < -0.4 is 5.32 Å². The number of amides is 1. The molecule has 0 saturated heterocycles. The van der Waals surface area contributed by atoms with E-state index in [9.17, 15) is 9.59 Å². The van der Waals surface area contributed by atoms with Gasteiger partial charge in [0, 0.05) is 0 Å². The molecule has 0 aliphatic carbocycles. The molecular formula is C15H27NO3. The predicted octanol–water partition coefficient (Wildman–Crippen LogP) is 3.32. The largest absolute Gasteiger partial charge is 0.444 e. The van der Waals surface area contributed by atoms with Crippen molar-refractivity contribution in [1.29, 1.82) is 0 Å². The molecule has 4 heteroatoms. The first-order valence-corrected chi connectivity index (χ1v) is 6.74. The van der Waals surface area contributed by atoms with E-state index in [2.05, 4.69) is 5.32 Å². The van der Waals surface area contributed by atoms with Crippen molar-refractivity contribution in [3.05, 3.63) is 12.2 Å². The van der Waals surface area contributed by atoms with Crippen molar-refractivity contribution in [1.82, 2.24) is 5.32 Å². The predicted molar refractivity (Wildman–Crippen MR) is 77.0 cm³/mol. The van der Waals surface area contributed by atoms with Crippen LogP contribution in [0.5, 0.6) is 0 Å². The number of nitrogens with one attached hydrogen (secondary N) is 1. The molecule has 1 N–H and O–H groups in total. The smallest absolute Gasteiger partial charge is 0.408 e. The Morgan fingerprint density at radius 3 is 2.00 bits per heavy atom. The molecule has 0 saturated carbocycles. The van der Waals surface area contributed by atoms with Gasteiger partial charge in [0.15, 0.2) is 5.78 Å². The molecule has 4 nitrogen and oxygen atoms in total. The Morgan fingerprint density at radius 2 is 1.63 bits per heavy atom. The minimum Gasteiger partial charge on any atom is -0.444 e. The van der Waals surface area contributed by atoms with E-state index in [1.54, 1.807) is 20.8 Å². The highest BCUT2D eigenvalue weighted by molar-refractivity contribution is 5.96. The fraction of sp³-hybridized carbons (Fsp3) is 0.733. The first-order chi connectivity index (χ1) is 8.53. The molecule has 0 fully saturated rings. The SMILES string of the molecule is CC(C)/C=C/C(=O)[C@@H](NC(=O)OC(C)(C)C)C(C)C. The second kappa shape index (κ2) is 7.31. The Bertz CT molecular complexity index is 338. The maximum atomic E-state index is 12.0. The number of hydrogen-bond donors (Lipinski definition) is 1. The highest BCUT2D eigenvalue weighted by atomic mass is 16.6. The Labute approximate surface area is 116 Å². The standard InChI is InChI=1S/C15H27NO3/c1-10(2)8-9-12(17)13(11(3)4)16-14(18)19-15(5,6)7/h8-11,13H,1-7H3,(H,16,18)/b9-8+/t13-/m0/s1. The monoisotopic (exact) mass is 269 g/mol. The Kier molecular flexibility index (Phi) is 6.81. The van der Waals surface area contributed by atoms with Crippen molar-refractivity contribution in [2.75, 3.05) is 0 Å². The van der Waals surface area contributed by atoms with Crippen molar-refractivity contribution in [2.45, 2.75) is 60.1 Å². The third-order valence-electron chi connectivity index (χ3n) is 2.29. The van der Waals surface area contributed by atoms with Gasteiger partial charge in [-0.1, -0.05) is 33.8 Å². The van der Waals surface area contributed by atoms with Crippen LogP contribution in [0.2, 0.25) is 0 Å². The summed E-state index contributed by atoms with van der Waals surface area (Å²) < 4.78 is 5.17. The molecule has 19 heavy (non-hydrogen) atoms. The number of alkyl carbamates (subject to hydrolysis) is 1. The molecule has 0 aromatic carbocycles. The van der Waals surface area contributed by atoms with E-state index in [0.29, 0.717) is 5.92 Å². The summed E-state index contributed by atoms with van der Waals surface area (Å²) in [5.41, 5.74) is -0.567. The van der Waals surface area contributed by atoms with Gasteiger partial charge in [-0.25, -0.2) is 4.79 Å². The summed E-state index contributed by atoms with van der Waals surface area (Å²) in [6.07, 6.45) is 2.80. The average molecular weight is 269 g/mol. The van der Waals surface area contributed by atoms with Crippen molar-refractivity contribution in [3.63, 3.8) is 0 Å². The van der Waals surface area contributed by atoms with Crippen LogP contribution in [0.25, 0.3) is 0 Å². The average Bonchev–Trinajstić information content (AvgIpc) is 2.19. The maximum absolute atomic E-state index is 12.0. The molecule has 0 radical (unpaired) electrons. The van der Waals surface area contributed by atoms with Crippen molar-refractivity contribution < 1.29 is 14.3 Å². The molecule has 0 bridgehead atoms. The summed E-state index contributed by atoms with van der Waals surface area (Å²) in [4.78, 5) is 23.7. The van der Waals surface area contributed by atoms with E-state index in [-0.39, 0.29) is 11.7 Å². The van der Waals surface area contributed by atoms with Gasteiger partial charge in [-0.15, -0.1) is 0 Å². The van der Waals surface area contributed by atoms with Gasteiger partial charge in [0.05, 0.1) is 6.04 Å². The molecule has 1 amide bonds. The van der Waals surface area contributed by atoms with Gasteiger partial charge in [-0.3, -0.25) is 4.79 Å². The molecule has 0 aromatic heterocycles. The van der Waals surface area contributed by atoms with Gasteiger partial charge >= 0.3 is 6.09 Å². The number of rotatable bonds is 5. The quantitative estimate of drug-likeness (QED) is 0.779. The minimum absolute atomic E-state index is 0.0110. The topological polar surface area (TPSA) is 55.4 Å². The highest BCUT2D eigenvalue weighted by Crippen LogP contribution is 2.10. The van der Waals surface area contributed by atoms with Crippen LogP contribution in [0.4, 0.5) is 4.79 Å². The zero-order chi connectivity index (χ0) is 15.2. The first kappa shape index (κ1) is 17.7. The number of hydrogen-bond acceptors (Lipinski definition) is 3. The van der Waals surface area contributed by atoms with Gasteiger partial charge in [0.25, 0.3) is 0 Å². The van der Waals surface area contributed by atoms with Crippen LogP contribution in [-0.4, -0.2) is 23.5 Å². The number of carbonyl (C=O) groups is 2. The zero-order valence-corrected chi connectivity index (χ0v) is 13.1. The van der Waals surface area contributed by atoms with E-state index >= 15 is 0 Å². The molecule has 0 aliphatic heterocycles. The molecular weight excluding hydrogens is 242 g/mol. The van der Waals surface area contributed by atoms with Gasteiger partial charge < -0.3 is 10.1 Å². The fourth-order valence-corrected chi connectivity index (χ4v) is 1.39. The van der Waals surface area contributed by atoms with E-state index in [1.807, 2.05) is 33.8 Å². The van der Waals surface area contributed by atoms with Crippen molar-refractivity contribution >= 4 is 11.9 Å². The molecule has 0 aromatic rings. The summed E-state index contributed by atoms with van der Waals surface area (Å²) in [6.45, 7) is 13.1. The van der Waals surface area contributed by atoms with Crippen LogP contribution in [-0.2, 0) is 9.53 Å². The summed E-state index contributed by atoms with van der Waals surface area (Å²) >= 11 is 0. The lowest BCUT2D eigenvalue weighted by Crippen LogP contribution is -2.45. The minimum atomic E-state index is -0.567. The van der Waals surface area contributed by atoms with Gasteiger partial charge in [-0.05, 0) is 38.7 Å². The summed E-state index contributed by atoms with van der Waals surface area (Å²) in [5.74, 6) is 0.213. The molecule has 0 unspecified atom stereocenters. The third kappa shape index (κ3) is 8.41. The van der Waals surface area contributed by atoms with Crippen LogP contribution in [0, 0.1) is 11.8 Å². The molecule has 0 rings (SSSR count). The van der Waals surface area contributed by atoms with E-state index in [4.69, 9.17) is 4.74 Å². The first-order valence-electron chi connectivity index (χ1n) is 6.74. The lowest BCUT2D eigenvalue weighted by molar-refractivity contribution is -0.117. The van der Waals surface area contributed by atoms with Crippen LogP contribution in [0.3, 0.4) is 0 Å². The molecule has 110 valence electrons. The fourth-order valence-electron chi connectivity index (χ4n) is 1.39. The number of allylic oxidation sites excluding steroid dienone is 1. The Balaban J connectivity index is 4.67. The van der Waals surface area contributed by atoms with Crippen LogP contribution >= 0.6 is 0 Å². The molecule has 0 heterocycles. The number of carbonyl (C=O) groups excluding carboxylic acids is 2. The second-order valence-electron chi connectivity index (χ2n) is 6.37. The summed E-state index contributed by atoms with van der Waals surface area (Å²) in [6, 6.07) is -0.551. The van der Waals surface area contributed by atoms with Crippen LogP contribution in [0.15, 0.2) is 12.2 Å². The molecule has 1 atom stereocenters. The van der Waals surface area contributed by atoms with Gasteiger partial charge in [0.1, 0.15) is 5.60 Å². The number of ketones is 1. The Hall–Kier alpha value is -1.32. The lowest BCUT2D eigenvalue weighted by Gasteiger charge is -2.24. The second-order valence-corrected chi connectivity index (χ2v) is 6.37. The zero-order valence-electron chi connectivity index (χ0n) is 13.1. The van der Waals surface area contributed by atoms with E-state index in [0.717, 1.165) is 0 Å². The highest BCUT2D eigenvalue weighted by Gasteiger charge is 2.25. The maximum Gasteiger partial charge on any atom is 0.408 e. The van der Waals surface area contributed by atoms with Crippen molar-refractivity contribution in [2.24, 2.45) is 11.8 Å². The lowest BCUT2D eigenvalue weighted by atomic mass is 9.99. The summed E-state index contributed by atoms with van der Waals surface area (Å²) in [7, 11) is 0. The van der Waals surface area contributed by atoms with Crippen LogP contribution in [0.1, 0.15) is 48.5 Å². The summed E-state index contributed by atoms with van der Waals surface area (Å²) in [5, 5.41) is 2.63.